The minimum atomic E-state index is -0.381. The Kier molecular flexibility index (Phi) is 5.41. The fourth-order valence-electron chi connectivity index (χ4n) is 6.23. The van der Waals surface area contributed by atoms with Gasteiger partial charge in [-0.25, -0.2) is 4.79 Å². The SMILES string of the molecule is C[C@@H]([NH2+][C@H](C)c1ccccc1Cl)C(=O)NC(=O)NC12CC3CC(CC(C3)C1)C2. The number of urea groups is 1. The maximum atomic E-state index is 12.6. The Balaban J connectivity index is 1.31. The molecular formula is C22H31ClN3O2+. The van der Waals surface area contributed by atoms with Crippen LogP contribution in [0.15, 0.2) is 24.3 Å². The Morgan fingerprint density at radius 3 is 2.21 bits per heavy atom. The smallest absolute Gasteiger partial charge is 0.322 e. The van der Waals surface area contributed by atoms with Crippen LogP contribution in [0.5, 0.6) is 0 Å². The molecule has 0 spiro atoms. The third kappa shape index (κ3) is 4.06. The number of carbonyl (C=O) groups is 2. The van der Waals surface area contributed by atoms with E-state index in [1.165, 1.54) is 19.3 Å². The number of nitrogens with one attached hydrogen (secondary N) is 2. The molecule has 4 aliphatic rings. The lowest BCUT2D eigenvalue weighted by Crippen LogP contribution is -2.92. The van der Waals surface area contributed by atoms with E-state index in [2.05, 4.69) is 10.6 Å². The summed E-state index contributed by atoms with van der Waals surface area (Å²) in [5, 5.41) is 8.40. The van der Waals surface area contributed by atoms with Crippen LogP contribution >= 0.6 is 11.6 Å². The van der Waals surface area contributed by atoms with Crippen molar-refractivity contribution >= 4 is 23.5 Å². The number of hydrogen-bond acceptors (Lipinski definition) is 2. The van der Waals surface area contributed by atoms with Gasteiger partial charge in [0.2, 0.25) is 0 Å². The quantitative estimate of drug-likeness (QED) is 0.705. The van der Waals surface area contributed by atoms with Crippen LogP contribution in [0.3, 0.4) is 0 Å². The van der Waals surface area contributed by atoms with Crippen LogP contribution in [0.4, 0.5) is 4.79 Å². The fourth-order valence-corrected chi connectivity index (χ4v) is 6.54. The van der Waals surface area contributed by atoms with Crippen molar-refractivity contribution in [1.82, 2.24) is 10.6 Å². The van der Waals surface area contributed by atoms with E-state index in [1.807, 2.05) is 43.4 Å². The second-order valence-corrected chi connectivity index (χ2v) is 9.84. The van der Waals surface area contributed by atoms with Gasteiger partial charge >= 0.3 is 6.03 Å². The summed E-state index contributed by atoms with van der Waals surface area (Å²) < 4.78 is 0. The van der Waals surface area contributed by atoms with Gasteiger partial charge in [-0.05, 0) is 76.2 Å². The normalized spacial score (nSPS) is 32.6. The lowest BCUT2D eigenvalue weighted by molar-refractivity contribution is -0.710. The summed E-state index contributed by atoms with van der Waals surface area (Å²) in [7, 11) is 0. The number of quaternary nitrogens is 1. The van der Waals surface area contributed by atoms with Gasteiger partial charge < -0.3 is 10.6 Å². The lowest BCUT2D eigenvalue weighted by Gasteiger charge is -2.56. The highest BCUT2D eigenvalue weighted by Gasteiger charge is 2.51. The average molecular weight is 405 g/mol. The molecule has 4 saturated carbocycles. The van der Waals surface area contributed by atoms with Crippen LogP contribution in [0, 0.1) is 17.8 Å². The van der Waals surface area contributed by atoms with Gasteiger partial charge in [-0.15, -0.1) is 0 Å². The number of halogens is 1. The molecule has 4 fully saturated rings. The second kappa shape index (κ2) is 7.68. The molecule has 0 heterocycles. The largest absolute Gasteiger partial charge is 0.332 e. The van der Waals surface area contributed by atoms with Gasteiger partial charge in [0.1, 0.15) is 6.04 Å². The number of nitrogens with two attached hydrogens (primary N) is 1. The maximum absolute atomic E-state index is 12.6. The van der Waals surface area contributed by atoms with Crippen LogP contribution < -0.4 is 16.0 Å². The number of hydrogen-bond donors (Lipinski definition) is 3. The van der Waals surface area contributed by atoms with E-state index in [9.17, 15) is 9.59 Å². The molecule has 0 unspecified atom stereocenters. The Labute approximate surface area is 172 Å². The van der Waals surface area contributed by atoms with E-state index in [1.54, 1.807) is 0 Å². The molecule has 1 aromatic rings. The van der Waals surface area contributed by atoms with Crippen LogP contribution in [-0.4, -0.2) is 23.5 Å². The molecule has 5 rings (SSSR count). The standard InChI is InChI=1S/C22H30ClN3O2/c1-13(18-5-3-4-6-19(18)23)24-14(2)20(27)25-21(28)26-22-10-15-7-16(11-22)9-17(8-15)12-22/h3-6,13-17,24H,7-12H2,1-2H3,(H2,25,26,27,28)/p+1/t13-,14-,15?,16?,17?,22?/m1/s1. The van der Waals surface area contributed by atoms with Crippen molar-refractivity contribution in [3.63, 3.8) is 0 Å². The highest BCUT2D eigenvalue weighted by Crippen LogP contribution is 2.55. The minimum Gasteiger partial charge on any atom is -0.332 e. The number of carbonyl (C=O) groups excluding carboxylic acids is 2. The van der Waals surface area contributed by atoms with Gasteiger partial charge in [0.25, 0.3) is 5.91 Å². The molecule has 152 valence electrons. The molecular weight excluding hydrogens is 374 g/mol. The summed E-state index contributed by atoms with van der Waals surface area (Å²) in [6.45, 7) is 3.83. The zero-order valence-corrected chi connectivity index (χ0v) is 17.5. The van der Waals surface area contributed by atoms with Crippen LogP contribution in [0.1, 0.15) is 64.0 Å². The molecule has 28 heavy (non-hydrogen) atoms. The summed E-state index contributed by atoms with van der Waals surface area (Å²) in [6, 6.07) is 6.96. The van der Waals surface area contributed by atoms with E-state index in [4.69, 9.17) is 11.6 Å². The van der Waals surface area contributed by atoms with Crippen molar-refractivity contribution in [2.45, 2.75) is 70.0 Å². The van der Waals surface area contributed by atoms with E-state index in [-0.39, 0.29) is 29.6 Å². The van der Waals surface area contributed by atoms with Crippen LogP contribution in [0.2, 0.25) is 5.02 Å². The molecule has 1 aromatic carbocycles. The predicted octanol–water partition coefficient (Wildman–Crippen LogP) is 3.15. The summed E-state index contributed by atoms with van der Waals surface area (Å²) in [4.78, 5) is 25.1. The average Bonchev–Trinajstić information content (AvgIpc) is 2.60. The number of amides is 3. The first kappa shape index (κ1) is 19.7. The monoisotopic (exact) mass is 404 g/mol. The van der Waals surface area contributed by atoms with E-state index in [0.717, 1.165) is 42.6 Å². The third-order valence-corrected chi connectivity index (χ3v) is 7.38. The van der Waals surface area contributed by atoms with E-state index in [0.29, 0.717) is 5.02 Å². The van der Waals surface area contributed by atoms with Crippen molar-refractivity contribution in [1.29, 1.82) is 0 Å². The summed E-state index contributed by atoms with van der Waals surface area (Å²) in [5.41, 5.74) is 0.901. The highest BCUT2D eigenvalue weighted by molar-refractivity contribution is 6.31. The van der Waals surface area contributed by atoms with Gasteiger partial charge in [0.15, 0.2) is 6.04 Å². The second-order valence-electron chi connectivity index (χ2n) is 9.43. The summed E-state index contributed by atoms with van der Waals surface area (Å²) >= 11 is 6.25. The fraction of sp³-hybridized carbons (Fsp3) is 0.636. The zero-order valence-electron chi connectivity index (χ0n) is 16.7. The molecule has 5 nitrogen and oxygen atoms in total. The molecule has 0 aromatic heterocycles. The molecule has 4 aliphatic carbocycles. The number of benzene rings is 1. The van der Waals surface area contributed by atoms with Crippen molar-refractivity contribution in [2.75, 3.05) is 0 Å². The predicted molar refractivity (Wildman–Crippen MR) is 109 cm³/mol. The van der Waals surface area contributed by atoms with E-state index >= 15 is 0 Å². The van der Waals surface area contributed by atoms with E-state index < -0.39 is 0 Å². The third-order valence-electron chi connectivity index (χ3n) is 7.04. The Bertz CT molecular complexity index is 731. The first-order valence-electron chi connectivity index (χ1n) is 10.6. The molecule has 4 bridgehead atoms. The van der Waals surface area contributed by atoms with Gasteiger partial charge in [0, 0.05) is 16.1 Å². The first-order chi connectivity index (χ1) is 13.3. The molecule has 2 atom stereocenters. The summed E-state index contributed by atoms with van der Waals surface area (Å²) in [6.07, 6.45) is 7.21. The maximum Gasteiger partial charge on any atom is 0.322 e. The van der Waals surface area contributed by atoms with Gasteiger partial charge in [-0.3, -0.25) is 10.1 Å². The number of imide groups is 1. The van der Waals surface area contributed by atoms with Gasteiger partial charge in [-0.2, -0.15) is 0 Å². The molecule has 0 aliphatic heterocycles. The van der Waals surface area contributed by atoms with Crippen molar-refractivity contribution < 1.29 is 14.9 Å². The topological polar surface area (TPSA) is 74.8 Å². The molecule has 4 N–H and O–H groups in total. The van der Waals surface area contributed by atoms with Gasteiger partial charge in [0.05, 0.1) is 0 Å². The molecule has 0 radical (unpaired) electrons. The van der Waals surface area contributed by atoms with Crippen molar-refractivity contribution in [3.05, 3.63) is 34.9 Å². The Hall–Kier alpha value is -1.59. The minimum absolute atomic E-state index is 0.0284. The molecule has 3 amide bonds. The van der Waals surface area contributed by atoms with Gasteiger partial charge in [-0.1, -0.05) is 29.8 Å². The molecule has 6 heteroatoms. The van der Waals surface area contributed by atoms with Crippen LogP contribution in [0.25, 0.3) is 0 Å². The number of rotatable bonds is 5. The summed E-state index contributed by atoms with van der Waals surface area (Å²) in [5.74, 6) is 2.00. The highest BCUT2D eigenvalue weighted by atomic mass is 35.5. The van der Waals surface area contributed by atoms with Crippen molar-refractivity contribution in [3.8, 4) is 0 Å². The lowest BCUT2D eigenvalue weighted by atomic mass is 9.53. The Morgan fingerprint density at radius 2 is 1.64 bits per heavy atom. The Morgan fingerprint density at radius 1 is 1.07 bits per heavy atom. The first-order valence-corrected chi connectivity index (χ1v) is 10.9. The molecule has 0 saturated heterocycles. The zero-order chi connectivity index (χ0) is 19.9. The van der Waals surface area contributed by atoms with Crippen LogP contribution in [-0.2, 0) is 4.79 Å². The van der Waals surface area contributed by atoms with Crippen molar-refractivity contribution in [2.24, 2.45) is 17.8 Å².